The fourth-order valence-corrected chi connectivity index (χ4v) is 3.45. The fourth-order valence-electron chi connectivity index (χ4n) is 1.78. The zero-order valence-corrected chi connectivity index (χ0v) is 10.6. The lowest BCUT2D eigenvalue weighted by atomic mass is 10.3. The minimum Gasteiger partial charge on any atom is -0.392 e. The van der Waals surface area contributed by atoms with Crippen molar-refractivity contribution in [2.24, 2.45) is 0 Å². The van der Waals surface area contributed by atoms with Crippen LogP contribution in [-0.4, -0.2) is 29.2 Å². The average molecular weight is 276 g/mol. The van der Waals surface area contributed by atoms with Crippen LogP contribution in [0.15, 0.2) is 9.85 Å². The summed E-state index contributed by atoms with van der Waals surface area (Å²) in [6, 6.07) is 2.22. The lowest BCUT2D eigenvalue weighted by Crippen LogP contribution is -2.20. The van der Waals surface area contributed by atoms with Gasteiger partial charge in [0.15, 0.2) is 0 Å². The highest BCUT2D eigenvalue weighted by molar-refractivity contribution is 9.11. The maximum absolute atomic E-state index is 9.39. The van der Waals surface area contributed by atoms with Crippen LogP contribution in [0.3, 0.4) is 0 Å². The molecule has 1 aromatic heterocycles. The van der Waals surface area contributed by atoms with E-state index in [-0.39, 0.29) is 6.10 Å². The van der Waals surface area contributed by atoms with Gasteiger partial charge < -0.3 is 5.11 Å². The first-order valence-corrected chi connectivity index (χ1v) is 6.41. The molecule has 0 unspecified atom stereocenters. The van der Waals surface area contributed by atoms with E-state index in [1.807, 2.05) is 0 Å². The second-order valence-electron chi connectivity index (χ2n) is 3.85. The van der Waals surface area contributed by atoms with Crippen molar-refractivity contribution in [1.82, 2.24) is 4.90 Å². The summed E-state index contributed by atoms with van der Waals surface area (Å²) in [6.07, 6.45) is 0.811. The van der Waals surface area contributed by atoms with Crippen molar-refractivity contribution >= 4 is 27.3 Å². The van der Waals surface area contributed by atoms with Gasteiger partial charge in [-0.15, -0.1) is 11.3 Å². The first-order chi connectivity index (χ1) is 6.65. The molecule has 14 heavy (non-hydrogen) atoms. The van der Waals surface area contributed by atoms with Gasteiger partial charge in [0.2, 0.25) is 0 Å². The number of aliphatic hydroxyl groups is 1. The van der Waals surface area contributed by atoms with Gasteiger partial charge in [0.05, 0.1) is 9.89 Å². The largest absolute Gasteiger partial charge is 0.392 e. The third-order valence-corrected chi connectivity index (χ3v) is 4.66. The summed E-state index contributed by atoms with van der Waals surface area (Å²) in [5.74, 6) is 0. The first kappa shape index (κ1) is 10.6. The van der Waals surface area contributed by atoms with Crippen LogP contribution >= 0.6 is 27.3 Å². The Kier molecular flexibility index (Phi) is 3.27. The van der Waals surface area contributed by atoms with Crippen LogP contribution in [0, 0.1) is 6.92 Å². The second-order valence-corrected chi connectivity index (χ2v) is 6.30. The molecule has 4 heteroatoms. The van der Waals surface area contributed by atoms with Crippen molar-refractivity contribution in [3.8, 4) is 0 Å². The third-order valence-electron chi connectivity index (χ3n) is 2.54. The number of aryl methyl sites for hydroxylation is 1. The number of hydrogen-bond donors (Lipinski definition) is 1. The molecule has 78 valence electrons. The highest BCUT2D eigenvalue weighted by atomic mass is 79.9. The molecule has 1 saturated heterocycles. The minimum atomic E-state index is -0.112. The van der Waals surface area contributed by atoms with Crippen LogP contribution in [0.2, 0.25) is 0 Å². The molecule has 2 heterocycles. The number of β-amino-alcohol motifs (C(OH)–C–C–N with tert-alkyl or cyclic N) is 1. The molecular weight excluding hydrogens is 262 g/mol. The Hall–Kier alpha value is 0.100. The Labute approximate surface area is 96.7 Å². The quantitative estimate of drug-likeness (QED) is 0.896. The molecule has 0 aliphatic carbocycles. The molecule has 1 atom stereocenters. The van der Waals surface area contributed by atoms with Crippen LogP contribution in [0.4, 0.5) is 0 Å². The SMILES string of the molecule is Cc1cc(CN2CC[C@H](O)C2)sc1Br. The number of rotatable bonds is 2. The van der Waals surface area contributed by atoms with E-state index in [2.05, 4.69) is 33.8 Å². The molecule has 1 aromatic rings. The van der Waals surface area contributed by atoms with Crippen molar-refractivity contribution in [3.05, 3.63) is 20.3 Å². The summed E-state index contributed by atoms with van der Waals surface area (Å²) in [6.45, 7) is 4.95. The van der Waals surface area contributed by atoms with Crippen molar-refractivity contribution in [1.29, 1.82) is 0 Å². The molecular formula is C10H14BrNOS. The van der Waals surface area contributed by atoms with Crippen LogP contribution in [0.5, 0.6) is 0 Å². The van der Waals surface area contributed by atoms with E-state index in [0.29, 0.717) is 0 Å². The standard InChI is InChI=1S/C10H14BrNOS/c1-7-4-9(14-10(7)11)6-12-3-2-8(13)5-12/h4,8,13H,2-3,5-6H2,1H3/t8-/m0/s1. The summed E-state index contributed by atoms with van der Waals surface area (Å²) >= 11 is 5.32. The molecule has 1 aliphatic rings. The topological polar surface area (TPSA) is 23.5 Å². The molecule has 1 N–H and O–H groups in total. The van der Waals surface area contributed by atoms with Gasteiger partial charge in [-0.05, 0) is 40.9 Å². The predicted molar refractivity (Wildman–Crippen MR) is 62.7 cm³/mol. The molecule has 2 rings (SSSR count). The molecule has 1 aliphatic heterocycles. The normalized spacial score (nSPS) is 23.2. The summed E-state index contributed by atoms with van der Waals surface area (Å²) < 4.78 is 1.23. The van der Waals surface area contributed by atoms with E-state index in [0.717, 1.165) is 26.1 Å². The van der Waals surface area contributed by atoms with E-state index >= 15 is 0 Å². The Bertz CT molecular complexity index is 306. The third kappa shape index (κ3) is 2.37. The zero-order chi connectivity index (χ0) is 10.1. The van der Waals surface area contributed by atoms with E-state index in [1.54, 1.807) is 11.3 Å². The number of thiophene rings is 1. The van der Waals surface area contributed by atoms with E-state index in [1.165, 1.54) is 14.2 Å². The highest BCUT2D eigenvalue weighted by Gasteiger charge is 2.20. The molecule has 0 radical (unpaired) electrons. The van der Waals surface area contributed by atoms with E-state index in [9.17, 15) is 5.11 Å². The Morgan fingerprint density at radius 3 is 3.00 bits per heavy atom. The average Bonchev–Trinajstić information content (AvgIpc) is 2.62. The molecule has 0 spiro atoms. The molecule has 0 aromatic carbocycles. The van der Waals surface area contributed by atoms with Gasteiger partial charge >= 0.3 is 0 Å². The van der Waals surface area contributed by atoms with Gasteiger partial charge in [0, 0.05) is 24.5 Å². The monoisotopic (exact) mass is 275 g/mol. The zero-order valence-electron chi connectivity index (χ0n) is 8.16. The summed E-state index contributed by atoms with van der Waals surface area (Å²) in [7, 11) is 0. The number of likely N-dealkylation sites (tertiary alicyclic amines) is 1. The highest BCUT2D eigenvalue weighted by Crippen LogP contribution is 2.28. The van der Waals surface area contributed by atoms with Gasteiger partial charge in [0.25, 0.3) is 0 Å². The van der Waals surface area contributed by atoms with Gasteiger partial charge in [-0.1, -0.05) is 0 Å². The molecule has 1 fully saturated rings. The van der Waals surface area contributed by atoms with Crippen LogP contribution in [-0.2, 0) is 6.54 Å². The van der Waals surface area contributed by atoms with Crippen molar-refractivity contribution in [3.63, 3.8) is 0 Å². The van der Waals surface area contributed by atoms with Crippen molar-refractivity contribution in [2.45, 2.75) is 26.0 Å². The number of aliphatic hydroxyl groups excluding tert-OH is 1. The molecule has 0 bridgehead atoms. The maximum Gasteiger partial charge on any atom is 0.0730 e. The van der Waals surface area contributed by atoms with E-state index in [4.69, 9.17) is 0 Å². The Morgan fingerprint density at radius 2 is 2.50 bits per heavy atom. The smallest absolute Gasteiger partial charge is 0.0730 e. The summed E-state index contributed by atoms with van der Waals surface area (Å²) in [5, 5.41) is 9.39. The number of hydrogen-bond acceptors (Lipinski definition) is 3. The Balaban J connectivity index is 1.97. The maximum atomic E-state index is 9.39. The van der Waals surface area contributed by atoms with Crippen LogP contribution < -0.4 is 0 Å². The number of halogens is 1. The molecule has 0 saturated carbocycles. The van der Waals surface area contributed by atoms with Crippen LogP contribution in [0.1, 0.15) is 16.9 Å². The van der Waals surface area contributed by atoms with Gasteiger partial charge in [-0.2, -0.15) is 0 Å². The second kappa shape index (κ2) is 4.31. The molecule has 2 nitrogen and oxygen atoms in total. The number of nitrogens with zero attached hydrogens (tertiary/aromatic N) is 1. The lowest BCUT2D eigenvalue weighted by molar-refractivity contribution is 0.175. The van der Waals surface area contributed by atoms with Crippen LogP contribution in [0.25, 0.3) is 0 Å². The van der Waals surface area contributed by atoms with Crippen molar-refractivity contribution in [2.75, 3.05) is 13.1 Å². The van der Waals surface area contributed by atoms with Crippen molar-refractivity contribution < 1.29 is 5.11 Å². The van der Waals surface area contributed by atoms with E-state index < -0.39 is 0 Å². The minimum absolute atomic E-state index is 0.112. The Morgan fingerprint density at radius 1 is 1.71 bits per heavy atom. The lowest BCUT2D eigenvalue weighted by Gasteiger charge is -2.12. The summed E-state index contributed by atoms with van der Waals surface area (Å²) in [4.78, 5) is 3.69. The first-order valence-electron chi connectivity index (χ1n) is 4.80. The molecule has 0 amide bonds. The van der Waals surface area contributed by atoms with Gasteiger partial charge in [0.1, 0.15) is 0 Å². The van der Waals surface area contributed by atoms with Gasteiger partial charge in [-0.3, -0.25) is 4.90 Å². The van der Waals surface area contributed by atoms with Gasteiger partial charge in [-0.25, -0.2) is 0 Å². The fraction of sp³-hybridized carbons (Fsp3) is 0.600. The summed E-state index contributed by atoms with van der Waals surface area (Å²) in [5.41, 5.74) is 1.31. The predicted octanol–water partition coefficient (Wildman–Crippen LogP) is 2.39.